The van der Waals surface area contributed by atoms with Crippen molar-refractivity contribution >= 4 is 5.91 Å². The van der Waals surface area contributed by atoms with E-state index in [2.05, 4.69) is 10.1 Å². The van der Waals surface area contributed by atoms with E-state index in [1.807, 2.05) is 43.3 Å². The first-order valence-corrected chi connectivity index (χ1v) is 11.8. The van der Waals surface area contributed by atoms with Gasteiger partial charge in [0.1, 0.15) is 6.61 Å². The number of hydrogen-bond acceptors (Lipinski definition) is 4. The van der Waals surface area contributed by atoms with Crippen molar-refractivity contribution in [2.24, 2.45) is 13.0 Å². The van der Waals surface area contributed by atoms with Crippen LogP contribution in [0, 0.1) is 12.8 Å². The summed E-state index contributed by atoms with van der Waals surface area (Å²) in [5.41, 5.74) is 2.51. The lowest BCUT2D eigenvalue weighted by molar-refractivity contribution is -0.137. The molecule has 0 N–H and O–H groups in total. The van der Waals surface area contributed by atoms with Gasteiger partial charge in [-0.2, -0.15) is 18.3 Å². The number of piperidine rings is 2. The highest BCUT2D eigenvalue weighted by atomic mass is 19.4. The molecule has 1 saturated carbocycles. The minimum absolute atomic E-state index is 0.0454. The smallest absolute Gasteiger partial charge is 0.417 e. The summed E-state index contributed by atoms with van der Waals surface area (Å²) < 4.78 is 46.1. The quantitative estimate of drug-likeness (QED) is 0.495. The molecule has 9 heteroatoms. The highest BCUT2D eigenvalue weighted by Gasteiger charge is 2.45. The lowest BCUT2D eigenvalue weighted by Gasteiger charge is -2.51. The average Bonchev–Trinajstić information content (AvgIpc) is 3.28. The van der Waals surface area contributed by atoms with Crippen molar-refractivity contribution in [3.05, 3.63) is 65.6 Å². The fraction of sp³-hybridized carbons (Fsp3) is 0.423. The van der Waals surface area contributed by atoms with Gasteiger partial charge in [-0.25, -0.2) is 4.98 Å². The Kier molecular flexibility index (Phi) is 6.02. The van der Waals surface area contributed by atoms with E-state index >= 15 is 0 Å². The standard InChI is InChI=1S/C26H27F3N4O2/c1-16-3-9-21(18-12-31-32(2)14-18)22(11-16)25(34)33-20-7-4-17(5-8-20)23(33)15-35-24-10-6-19(13-30-24)26(27,28)29/h3,6,9-14,17,20,23H,4-5,7-8,15H2,1-2H3. The van der Waals surface area contributed by atoms with Crippen LogP contribution in [0.15, 0.2) is 48.9 Å². The van der Waals surface area contributed by atoms with E-state index < -0.39 is 11.7 Å². The molecule has 0 spiro atoms. The zero-order valence-corrected chi connectivity index (χ0v) is 19.6. The number of carbonyl (C=O) groups is 1. The summed E-state index contributed by atoms with van der Waals surface area (Å²) in [4.78, 5) is 19.8. The van der Waals surface area contributed by atoms with Gasteiger partial charge in [0.2, 0.25) is 5.88 Å². The van der Waals surface area contributed by atoms with Gasteiger partial charge in [0.05, 0.1) is 17.8 Å². The second kappa shape index (κ2) is 9.02. The molecule has 2 saturated heterocycles. The lowest BCUT2D eigenvalue weighted by Crippen LogP contribution is -2.59. The van der Waals surface area contributed by atoms with Crippen molar-refractivity contribution in [2.75, 3.05) is 6.61 Å². The number of alkyl halides is 3. The van der Waals surface area contributed by atoms with Crippen LogP contribution in [0.3, 0.4) is 0 Å². The van der Waals surface area contributed by atoms with Crippen LogP contribution in [0.2, 0.25) is 0 Å². The van der Waals surface area contributed by atoms with Crippen molar-refractivity contribution in [2.45, 2.75) is 50.9 Å². The van der Waals surface area contributed by atoms with E-state index in [1.165, 1.54) is 6.07 Å². The van der Waals surface area contributed by atoms with Gasteiger partial charge in [0.15, 0.2) is 0 Å². The van der Waals surface area contributed by atoms with Crippen LogP contribution >= 0.6 is 0 Å². The minimum atomic E-state index is -4.45. The number of carbonyl (C=O) groups excluding carboxylic acids is 1. The van der Waals surface area contributed by atoms with Gasteiger partial charge in [0, 0.05) is 42.7 Å². The Morgan fingerprint density at radius 3 is 2.51 bits per heavy atom. The maximum atomic E-state index is 14.0. The maximum absolute atomic E-state index is 14.0. The molecule has 2 aliphatic heterocycles. The van der Waals surface area contributed by atoms with E-state index in [-0.39, 0.29) is 36.4 Å². The molecule has 1 amide bonds. The van der Waals surface area contributed by atoms with E-state index in [4.69, 9.17) is 4.74 Å². The number of nitrogens with zero attached hydrogens (tertiary/aromatic N) is 4. The van der Waals surface area contributed by atoms with Crippen molar-refractivity contribution in [1.82, 2.24) is 19.7 Å². The maximum Gasteiger partial charge on any atom is 0.417 e. The van der Waals surface area contributed by atoms with Crippen LogP contribution in [0.25, 0.3) is 11.1 Å². The normalized spacial score (nSPS) is 21.9. The molecule has 1 aromatic carbocycles. The number of halogens is 3. The summed E-state index contributed by atoms with van der Waals surface area (Å²) in [7, 11) is 1.84. The third-order valence-electron chi connectivity index (χ3n) is 7.16. The van der Waals surface area contributed by atoms with Crippen LogP contribution in [-0.2, 0) is 13.2 Å². The number of hydrogen-bond donors (Lipinski definition) is 0. The molecule has 2 aromatic heterocycles. The van der Waals surface area contributed by atoms with Crippen LogP contribution in [0.1, 0.15) is 47.2 Å². The summed E-state index contributed by atoms with van der Waals surface area (Å²) in [6, 6.07) is 8.01. The Bertz CT molecular complexity index is 1210. The molecule has 3 fully saturated rings. The van der Waals surface area contributed by atoms with Gasteiger partial charge >= 0.3 is 6.18 Å². The van der Waals surface area contributed by atoms with E-state index in [0.717, 1.165) is 54.6 Å². The highest BCUT2D eigenvalue weighted by Crippen LogP contribution is 2.41. The molecule has 1 atom stereocenters. The van der Waals surface area contributed by atoms with Crippen molar-refractivity contribution in [3.63, 3.8) is 0 Å². The molecule has 184 valence electrons. The average molecular weight is 485 g/mol. The number of rotatable bonds is 5. The number of pyridine rings is 1. The summed E-state index contributed by atoms with van der Waals surface area (Å²) in [6.07, 6.45) is 3.87. The van der Waals surface area contributed by atoms with E-state index in [0.29, 0.717) is 5.56 Å². The zero-order valence-electron chi connectivity index (χ0n) is 19.6. The molecule has 4 heterocycles. The van der Waals surface area contributed by atoms with Crippen LogP contribution in [0.5, 0.6) is 5.88 Å². The second-order valence-corrected chi connectivity index (χ2v) is 9.49. The molecular formula is C26H27F3N4O2. The summed E-state index contributed by atoms with van der Waals surface area (Å²) in [6.45, 7) is 2.16. The summed E-state index contributed by atoms with van der Waals surface area (Å²) in [5, 5.41) is 4.26. The van der Waals surface area contributed by atoms with Gasteiger partial charge in [-0.3, -0.25) is 9.48 Å². The molecule has 6 nitrogen and oxygen atoms in total. The number of aromatic nitrogens is 3. The molecule has 6 rings (SSSR count). The second-order valence-electron chi connectivity index (χ2n) is 9.49. The predicted octanol–water partition coefficient (Wildman–Crippen LogP) is 5.27. The first kappa shape index (κ1) is 23.4. The minimum Gasteiger partial charge on any atom is -0.475 e. The Labute approximate surface area is 201 Å². The number of benzene rings is 1. The summed E-state index contributed by atoms with van der Waals surface area (Å²) in [5.74, 6) is 0.361. The van der Waals surface area contributed by atoms with Crippen molar-refractivity contribution in [1.29, 1.82) is 0 Å². The Hall–Kier alpha value is -3.36. The van der Waals surface area contributed by atoms with Gasteiger partial charge in [-0.05, 0) is 56.2 Å². The topological polar surface area (TPSA) is 60.2 Å². The number of aryl methyl sites for hydroxylation is 2. The fourth-order valence-electron chi connectivity index (χ4n) is 5.39. The van der Waals surface area contributed by atoms with Crippen molar-refractivity contribution < 1.29 is 22.7 Å². The monoisotopic (exact) mass is 484 g/mol. The van der Waals surface area contributed by atoms with Crippen LogP contribution < -0.4 is 4.74 Å². The first-order chi connectivity index (χ1) is 16.7. The Balaban J connectivity index is 1.41. The molecule has 0 radical (unpaired) electrons. The van der Waals surface area contributed by atoms with E-state index in [9.17, 15) is 18.0 Å². The number of ether oxygens (including phenoxy) is 1. The summed E-state index contributed by atoms with van der Waals surface area (Å²) >= 11 is 0. The lowest BCUT2D eigenvalue weighted by atomic mass is 9.74. The highest BCUT2D eigenvalue weighted by molar-refractivity contribution is 6.01. The predicted molar refractivity (Wildman–Crippen MR) is 124 cm³/mol. The molecule has 3 aromatic rings. The largest absolute Gasteiger partial charge is 0.475 e. The third kappa shape index (κ3) is 4.63. The van der Waals surface area contributed by atoms with E-state index in [1.54, 1.807) is 10.9 Å². The third-order valence-corrected chi connectivity index (χ3v) is 7.16. The number of amides is 1. The van der Waals surface area contributed by atoms with Crippen LogP contribution in [-0.4, -0.2) is 44.3 Å². The Morgan fingerprint density at radius 1 is 1.11 bits per heavy atom. The van der Waals surface area contributed by atoms with Gasteiger partial charge in [-0.1, -0.05) is 17.7 Å². The van der Waals surface area contributed by atoms with Crippen LogP contribution in [0.4, 0.5) is 13.2 Å². The van der Waals surface area contributed by atoms with Gasteiger partial charge in [0.25, 0.3) is 5.91 Å². The van der Waals surface area contributed by atoms with Crippen molar-refractivity contribution in [3.8, 4) is 17.0 Å². The number of fused-ring (bicyclic) bond motifs is 3. The zero-order chi connectivity index (χ0) is 24.7. The molecule has 35 heavy (non-hydrogen) atoms. The van der Waals surface area contributed by atoms with Gasteiger partial charge < -0.3 is 9.64 Å². The molecule has 1 unspecified atom stereocenters. The fourth-order valence-corrected chi connectivity index (χ4v) is 5.39. The molecular weight excluding hydrogens is 457 g/mol. The van der Waals surface area contributed by atoms with Gasteiger partial charge in [-0.15, -0.1) is 0 Å². The molecule has 1 aliphatic carbocycles. The first-order valence-electron chi connectivity index (χ1n) is 11.8. The molecule has 3 aliphatic rings. The Morgan fingerprint density at radius 2 is 1.89 bits per heavy atom. The molecule has 2 bridgehead atoms. The SMILES string of the molecule is Cc1ccc(-c2cnn(C)c2)c(C(=O)N2C3CCC(CC3)C2COc2ccc(C(F)(F)F)cn2)c1.